The normalized spacial score (nSPS) is 17.7. The van der Waals surface area contributed by atoms with Crippen LogP contribution < -0.4 is 4.74 Å². The van der Waals surface area contributed by atoms with Crippen molar-refractivity contribution in [2.45, 2.75) is 30.7 Å². The number of ether oxygens (including phenoxy) is 1. The van der Waals surface area contributed by atoms with Crippen LogP contribution in [0.2, 0.25) is 5.02 Å². The van der Waals surface area contributed by atoms with Gasteiger partial charge in [-0.1, -0.05) is 72.3 Å². The number of piperidine rings is 1. The molecule has 212 valence electrons. The number of hydrogen-bond acceptors (Lipinski definition) is 5. The van der Waals surface area contributed by atoms with Gasteiger partial charge < -0.3 is 9.64 Å². The average Bonchev–Trinajstić information content (AvgIpc) is 2.99. The molecule has 0 bridgehead atoms. The van der Waals surface area contributed by atoms with E-state index in [0.717, 1.165) is 13.1 Å². The quantitative estimate of drug-likeness (QED) is 0.371. The molecular formula is C31H36ClN3O4S. The van der Waals surface area contributed by atoms with Crippen LogP contribution in [0.5, 0.6) is 5.75 Å². The Kier molecular flexibility index (Phi) is 9.10. The molecule has 0 N–H and O–H groups in total. The molecule has 2 fully saturated rings. The summed E-state index contributed by atoms with van der Waals surface area (Å²) in [5, 5.41) is 0.341. The number of piperazine rings is 1. The van der Waals surface area contributed by atoms with Crippen LogP contribution in [0.4, 0.5) is 0 Å². The SMILES string of the molecule is CCOc1ccc(Cl)cc1S(=O)(=O)N1CCC(C(=O)N2CCN(C(c3ccccc3)c3ccccc3)CC2)CC1. The van der Waals surface area contributed by atoms with E-state index < -0.39 is 10.0 Å². The van der Waals surface area contributed by atoms with Gasteiger partial charge in [0.1, 0.15) is 10.6 Å². The number of amides is 1. The first-order valence-corrected chi connectivity index (χ1v) is 15.8. The van der Waals surface area contributed by atoms with Crippen LogP contribution in [0.15, 0.2) is 83.8 Å². The fourth-order valence-corrected chi connectivity index (χ4v) is 7.65. The molecule has 0 aliphatic carbocycles. The van der Waals surface area contributed by atoms with Gasteiger partial charge in [0, 0.05) is 50.2 Å². The Labute approximate surface area is 242 Å². The van der Waals surface area contributed by atoms with Crippen molar-refractivity contribution in [3.8, 4) is 5.75 Å². The minimum absolute atomic E-state index is 0.0779. The molecule has 0 radical (unpaired) electrons. The summed E-state index contributed by atoms with van der Waals surface area (Å²) in [4.78, 5) is 18.0. The molecule has 3 aromatic carbocycles. The zero-order valence-electron chi connectivity index (χ0n) is 22.8. The van der Waals surface area contributed by atoms with Crippen LogP contribution in [0.3, 0.4) is 0 Å². The van der Waals surface area contributed by atoms with Crippen molar-refractivity contribution >= 4 is 27.5 Å². The van der Waals surface area contributed by atoms with Crippen LogP contribution in [0.1, 0.15) is 36.9 Å². The van der Waals surface area contributed by atoms with Gasteiger partial charge in [-0.15, -0.1) is 0 Å². The van der Waals surface area contributed by atoms with E-state index in [-0.39, 0.29) is 22.8 Å². The van der Waals surface area contributed by atoms with E-state index in [0.29, 0.717) is 56.4 Å². The Balaban J connectivity index is 1.21. The van der Waals surface area contributed by atoms with Crippen molar-refractivity contribution in [3.05, 3.63) is 95.0 Å². The summed E-state index contributed by atoms with van der Waals surface area (Å²) in [5.74, 6) is 0.250. The molecule has 40 heavy (non-hydrogen) atoms. The molecule has 1 amide bonds. The molecule has 5 rings (SSSR count). The molecular weight excluding hydrogens is 546 g/mol. The maximum absolute atomic E-state index is 13.5. The number of benzene rings is 3. The molecule has 2 aliphatic rings. The monoisotopic (exact) mass is 581 g/mol. The zero-order chi connectivity index (χ0) is 28.1. The third-order valence-corrected chi connectivity index (χ3v) is 10.0. The standard InChI is InChI=1S/C31H36ClN3O4S/c1-2-39-28-14-13-27(32)23-29(28)40(37,38)35-17-15-26(16-18-35)31(36)34-21-19-33(20-22-34)30(24-9-5-3-6-10-24)25-11-7-4-8-12-25/h3-14,23,26,30H,2,15-22H2,1H3. The number of hydrogen-bond donors (Lipinski definition) is 0. The largest absolute Gasteiger partial charge is 0.492 e. The highest BCUT2D eigenvalue weighted by Gasteiger charge is 2.36. The van der Waals surface area contributed by atoms with E-state index in [1.54, 1.807) is 12.1 Å². The molecule has 0 unspecified atom stereocenters. The van der Waals surface area contributed by atoms with Gasteiger partial charge in [-0.05, 0) is 49.1 Å². The second kappa shape index (κ2) is 12.7. The molecule has 0 spiro atoms. The molecule has 2 aliphatic heterocycles. The number of nitrogens with zero attached hydrogens (tertiary/aromatic N) is 3. The molecule has 0 saturated carbocycles. The Morgan fingerprint density at radius 1 is 0.875 bits per heavy atom. The lowest BCUT2D eigenvalue weighted by Crippen LogP contribution is -2.52. The van der Waals surface area contributed by atoms with Crippen LogP contribution >= 0.6 is 11.6 Å². The lowest BCUT2D eigenvalue weighted by molar-refractivity contribution is -0.138. The van der Waals surface area contributed by atoms with E-state index in [4.69, 9.17) is 16.3 Å². The Bertz CT molecular complexity index is 1350. The third-order valence-electron chi connectivity index (χ3n) is 7.85. The summed E-state index contributed by atoms with van der Waals surface area (Å²) >= 11 is 6.12. The maximum atomic E-state index is 13.5. The Hall–Kier alpha value is -2.91. The van der Waals surface area contributed by atoms with E-state index in [2.05, 4.69) is 53.4 Å². The summed E-state index contributed by atoms with van der Waals surface area (Å²) in [6, 6.07) is 25.8. The van der Waals surface area contributed by atoms with Gasteiger partial charge in [-0.2, -0.15) is 4.31 Å². The smallest absolute Gasteiger partial charge is 0.246 e. The molecule has 2 heterocycles. The summed E-state index contributed by atoms with van der Waals surface area (Å²) in [6.45, 7) is 5.63. The predicted octanol–water partition coefficient (Wildman–Crippen LogP) is 5.07. The number of halogens is 1. The van der Waals surface area contributed by atoms with Gasteiger partial charge in [-0.25, -0.2) is 8.42 Å². The summed E-state index contributed by atoms with van der Waals surface area (Å²) in [5.41, 5.74) is 2.49. The fourth-order valence-electron chi connectivity index (χ4n) is 5.78. The summed E-state index contributed by atoms with van der Waals surface area (Å²) in [7, 11) is -3.79. The molecule has 0 aromatic heterocycles. The van der Waals surface area contributed by atoms with Crippen molar-refractivity contribution in [1.82, 2.24) is 14.1 Å². The van der Waals surface area contributed by atoms with Gasteiger partial charge >= 0.3 is 0 Å². The molecule has 0 atom stereocenters. The van der Waals surface area contributed by atoms with Crippen molar-refractivity contribution in [1.29, 1.82) is 0 Å². The van der Waals surface area contributed by atoms with Gasteiger partial charge in [0.05, 0.1) is 12.6 Å². The Morgan fingerprint density at radius 2 is 1.45 bits per heavy atom. The van der Waals surface area contributed by atoms with Gasteiger partial charge in [0.25, 0.3) is 0 Å². The Morgan fingerprint density at radius 3 is 2.00 bits per heavy atom. The molecule has 9 heteroatoms. The number of carbonyl (C=O) groups is 1. The lowest BCUT2D eigenvalue weighted by Gasteiger charge is -2.41. The molecule has 3 aromatic rings. The molecule has 2 saturated heterocycles. The van der Waals surface area contributed by atoms with E-state index in [1.807, 2.05) is 24.0 Å². The number of sulfonamides is 1. The number of rotatable bonds is 8. The van der Waals surface area contributed by atoms with Gasteiger partial charge in [-0.3, -0.25) is 9.69 Å². The highest BCUT2D eigenvalue weighted by Crippen LogP contribution is 2.33. The minimum atomic E-state index is -3.79. The van der Waals surface area contributed by atoms with Crippen molar-refractivity contribution in [2.24, 2.45) is 5.92 Å². The van der Waals surface area contributed by atoms with E-state index in [1.165, 1.54) is 21.5 Å². The third kappa shape index (κ3) is 6.20. The van der Waals surface area contributed by atoms with E-state index >= 15 is 0 Å². The molecule has 7 nitrogen and oxygen atoms in total. The first-order chi connectivity index (χ1) is 19.4. The fraction of sp³-hybridized carbons (Fsp3) is 0.387. The van der Waals surface area contributed by atoms with E-state index in [9.17, 15) is 13.2 Å². The average molecular weight is 582 g/mol. The maximum Gasteiger partial charge on any atom is 0.246 e. The highest BCUT2D eigenvalue weighted by atomic mass is 35.5. The predicted molar refractivity (Wildman–Crippen MR) is 157 cm³/mol. The summed E-state index contributed by atoms with van der Waals surface area (Å²) < 4.78 is 33.9. The van der Waals surface area contributed by atoms with Crippen LogP contribution in [0, 0.1) is 5.92 Å². The van der Waals surface area contributed by atoms with Crippen LogP contribution in [-0.2, 0) is 14.8 Å². The zero-order valence-corrected chi connectivity index (χ0v) is 24.4. The minimum Gasteiger partial charge on any atom is -0.492 e. The van der Waals surface area contributed by atoms with Crippen molar-refractivity contribution < 1.29 is 17.9 Å². The van der Waals surface area contributed by atoms with Crippen molar-refractivity contribution in [3.63, 3.8) is 0 Å². The summed E-state index contributed by atoms with van der Waals surface area (Å²) in [6.07, 6.45) is 0.999. The van der Waals surface area contributed by atoms with Crippen LogP contribution in [0.25, 0.3) is 0 Å². The topological polar surface area (TPSA) is 70.2 Å². The lowest BCUT2D eigenvalue weighted by atomic mass is 9.95. The van der Waals surface area contributed by atoms with Crippen LogP contribution in [-0.4, -0.2) is 74.3 Å². The second-order valence-corrected chi connectivity index (χ2v) is 12.6. The first kappa shape index (κ1) is 28.6. The highest BCUT2D eigenvalue weighted by molar-refractivity contribution is 7.89. The van der Waals surface area contributed by atoms with Gasteiger partial charge in [0.15, 0.2) is 0 Å². The second-order valence-electron chi connectivity index (χ2n) is 10.3. The number of carbonyl (C=O) groups excluding carboxylic acids is 1. The van der Waals surface area contributed by atoms with Gasteiger partial charge in [0.2, 0.25) is 15.9 Å². The van der Waals surface area contributed by atoms with Crippen molar-refractivity contribution in [2.75, 3.05) is 45.9 Å². The first-order valence-electron chi connectivity index (χ1n) is 13.9.